The first-order valence-electron chi connectivity index (χ1n) is 7.11. The van der Waals surface area contributed by atoms with Gasteiger partial charge in [0.15, 0.2) is 0 Å². The van der Waals surface area contributed by atoms with Gasteiger partial charge in [-0.15, -0.1) is 0 Å². The standard InChI is InChI=1S/C16H24INO/c1-14-8-4-5-9-15(14)10-11-16(19)18-13-7-3-2-6-12-17/h4-5,8-9H,2-3,6-7,10-13H2,1H3,(H,18,19). The molecule has 1 aromatic rings. The number of hydrogen-bond acceptors (Lipinski definition) is 1. The van der Waals surface area contributed by atoms with Crippen molar-refractivity contribution >= 4 is 28.5 Å². The number of nitrogens with one attached hydrogen (secondary N) is 1. The predicted molar refractivity (Wildman–Crippen MR) is 89.9 cm³/mol. The van der Waals surface area contributed by atoms with E-state index in [1.807, 2.05) is 12.1 Å². The number of benzene rings is 1. The summed E-state index contributed by atoms with van der Waals surface area (Å²) >= 11 is 2.41. The SMILES string of the molecule is Cc1ccccc1CCC(=O)NCCCCCCI. The number of amides is 1. The third kappa shape index (κ3) is 7.55. The minimum Gasteiger partial charge on any atom is -0.356 e. The van der Waals surface area contributed by atoms with Gasteiger partial charge in [0, 0.05) is 13.0 Å². The number of halogens is 1. The summed E-state index contributed by atoms with van der Waals surface area (Å²) in [5, 5.41) is 3.01. The topological polar surface area (TPSA) is 29.1 Å². The predicted octanol–water partition coefficient (Wildman–Crippen LogP) is 4.04. The molecule has 19 heavy (non-hydrogen) atoms. The number of unbranched alkanes of at least 4 members (excludes halogenated alkanes) is 3. The van der Waals surface area contributed by atoms with Gasteiger partial charge >= 0.3 is 0 Å². The fraction of sp³-hybridized carbons (Fsp3) is 0.562. The van der Waals surface area contributed by atoms with Gasteiger partial charge in [0.05, 0.1) is 0 Å². The van der Waals surface area contributed by atoms with Crippen molar-refractivity contribution in [3.8, 4) is 0 Å². The first kappa shape index (κ1) is 16.5. The molecule has 0 spiro atoms. The van der Waals surface area contributed by atoms with Crippen LogP contribution in [0, 0.1) is 6.92 Å². The molecule has 0 saturated heterocycles. The maximum absolute atomic E-state index is 11.7. The lowest BCUT2D eigenvalue weighted by atomic mass is 10.0. The van der Waals surface area contributed by atoms with Crippen LogP contribution in [0.4, 0.5) is 0 Å². The van der Waals surface area contributed by atoms with Gasteiger partial charge in [0.2, 0.25) is 5.91 Å². The summed E-state index contributed by atoms with van der Waals surface area (Å²) in [6, 6.07) is 8.27. The Labute approximate surface area is 130 Å². The van der Waals surface area contributed by atoms with Gasteiger partial charge in [0.1, 0.15) is 0 Å². The molecule has 0 aliphatic carbocycles. The van der Waals surface area contributed by atoms with Crippen LogP contribution < -0.4 is 5.32 Å². The smallest absolute Gasteiger partial charge is 0.220 e. The third-order valence-electron chi connectivity index (χ3n) is 3.27. The van der Waals surface area contributed by atoms with Crippen molar-refractivity contribution in [2.75, 3.05) is 11.0 Å². The van der Waals surface area contributed by atoms with Crippen molar-refractivity contribution in [1.29, 1.82) is 0 Å². The maximum atomic E-state index is 11.7. The first-order chi connectivity index (χ1) is 9.24. The van der Waals surface area contributed by atoms with Gasteiger partial charge in [-0.05, 0) is 41.7 Å². The summed E-state index contributed by atoms with van der Waals surface area (Å²) < 4.78 is 1.24. The molecule has 0 saturated carbocycles. The van der Waals surface area contributed by atoms with Crippen LogP contribution in [0.2, 0.25) is 0 Å². The molecule has 1 rings (SSSR count). The zero-order valence-corrected chi connectivity index (χ0v) is 13.9. The second-order valence-electron chi connectivity index (χ2n) is 4.88. The number of aryl methyl sites for hydroxylation is 2. The van der Waals surface area contributed by atoms with E-state index in [9.17, 15) is 4.79 Å². The molecule has 0 bridgehead atoms. The Kier molecular flexibility index (Phi) is 8.88. The lowest BCUT2D eigenvalue weighted by Crippen LogP contribution is -2.24. The molecule has 0 unspecified atom stereocenters. The van der Waals surface area contributed by atoms with Gasteiger partial charge in [-0.2, -0.15) is 0 Å². The summed E-state index contributed by atoms with van der Waals surface area (Å²) in [4.78, 5) is 11.7. The maximum Gasteiger partial charge on any atom is 0.220 e. The third-order valence-corrected chi connectivity index (χ3v) is 4.03. The molecule has 0 atom stereocenters. The van der Waals surface area contributed by atoms with Crippen LogP contribution in [0.1, 0.15) is 43.2 Å². The molecular formula is C16H24INO. The Bertz CT molecular complexity index is 379. The first-order valence-corrected chi connectivity index (χ1v) is 8.63. The zero-order chi connectivity index (χ0) is 13.9. The summed E-state index contributed by atoms with van der Waals surface area (Å²) in [5.74, 6) is 0.178. The van der Waals surface area contributed by atoms with E-state index in [4.69, 9.17) is 0 Å². The molecule has 1 amide bonds. The molecule has 0 heterocycles. The monoisotopic (exact) mass is 373 g/mol. The highest BCUT2D eigenvalue weighted by molar-refractivity contribution is 14.1. The van der Waals surface area contributed by atoms with Crippen LogP contribution in [0.15, 0.2) is 24.3 Å². The summed E-state index contributed by atoms with van der Waals surface area (Å²) in [7, 11) is 0. The van der Waals surface area contributed by atoms with Crippen molar-refractivity contribution in [3.05, 3.63) is 35.4 Å². The van der Waals surface area contributed by atoms with Crippen LogP contribution in [0.25, 0.3) is 0 Å². The highest BCUT2D eigenvalue weighted by Crippen LogP contribution is 2.09. The van der Waals surface area contributed by atoms with Crippen molar-refractivity contribution in [1.82, 2.24) is 5.32 Å². The Morgan fingerprint density at radius 3 is 2.63 bits per heavy atom. The molecule has 2 nitrogen and oxygen atoms in total. The van der Waals surface area contributed by atoms with Crippen LogP contribution >= 0.6 is 22.6 Å². The molecule has 1 aromatic carbocycles. The summed E-state index contributed by atoms with van der Waals surface area (Å²) in [6.07, 6.45) is 6.34. The highest BCUT2D eigenvalue weighted by Gasteiger charge is 2.03. The second-order valence-corrected chi connectivity index (χ2v) is 5.96. The molecule has 0 fully saturated rings. The summed E-state index contributed by atoms with van der Waals surface area (Å²) in [6.45, 7) is 2.92. The Morgan fingerprint density at radius 2 is 1.89 bits per heavy atom. The Hall–Kier alpha value is -0.580. The highest BCUT2D eigenvalue weighted by atomic mass is 127. The molecule has 3 heteroatoms. The minimum absolute atomic E-state index is 0.178. The van der Waals surface area contributed by atoms with Gasteiger partial charge in [0.25, 0.3) is 0 Å². The van der Waals surface area contributed by atoms with E-state index >= 15 is 0 Å². The van der Waals surface area contributed by atoms with Gasteiger partial charge in [-0.3, -0.25) is 4.79 Å². The van der Waals surface area contributed by atoms with Gasteiger partial charge in [-0.1, -0.05) is 59.7 Å². The molecule has 0 aromatic heterocycles. The fourth-order valence-corrected chi connectivity index (χ4v) is 2.57. The van der Waals surface area contributed by atoms with Gasteiger partial charge in [-0.25, -0.2) is 0 Å². The molecule has 106 valence electrons. The zero-order valence-electron chi connectivity index (χ0n) is 11.8. The van der Waals surface area contributed by atoms with Crippen molar-refractivity contribution in [2.24, 2.45) is 0 Å². The lowest BCUT2D eigenvalue weighted by molar-refractivity contribution is -0.121. The van der Waals surface area contributed by atoms with Gasteiger partial charge < -0.3 is 5.32 Å². The summed E-state index contributed by atoms with van der Waals surface area (Å²) in [5.41, 5.74) is 2.55. The van der Waals surface area contributed by atoms with E-state index in [1.165, 1.54) is 34.8 Å². The van der Waals surface area contributed by atoms with Crippen molar-refractivity contribution in [3.63, 3.8) is 0 Å². The average Bonchev–Trinajstić information content (AvgIpc) is 2.42. The Morgan fingerprint density at radius 1 is 1.16 bits per heavy atom. The largest absolute Gasteiger partial charge is 0.356 e. The van der Waals surface area contributed by atoms with Crippen molar-refractivity contribution < 1.29 is 4.79 Å². The normalized spacial score (nSPS) is 10.4. The molecule has 0 aliphatic rings. The Balaban J connectivity index is 2.10. The van der Waals surface area contributed by atoms with E-state index in [0.717, 1.165) is 19.4 Å². The van der Waals surface area contributed by atoms with Crippen molar-refractivity contribution in [2.45, 2.75) is 45.4 Å². The molecule has 1 N–H and O–H groups in total. The van der Waals surface area contributed by atoms with E-state index in [2.05, 4.69) is 47.0 Å². The fourth-order valence-electron chi connectivity index (χ4n) is 2.03. The van der Waals surface area contributed by atoms with E-state index < -0.39 is 0 Å². The number of rotatable bonds is 9. The van der Waals surface area contributed by atoms with Crippen LogP contribution in [-0.2, 0) is 11.2 Å². The average molecular weight is 373 g/mol. The van der Waals surface area contributed by atoms with E-state index in [-0.39, 0.29) is 5.91 Å². The van der Waals surface area contributed by atoms with E-state index in [0.29, 0.717) is 6.42 Å². The lowest BCUT2D eigenvalue weighted by Gasteiger charge is -2.07. The molecular weight excluding hydrogens is 349 g/mol. The quantitative estimate of drug-likeness (QED) is 0.395. The number of alkyl halides is 1. The van der Waals surface area contributed by atoms with Crippen LogP contribution in [0.3, 0.4) is 0 Å². The van der Waals surface area contributed by atoms with Crippen LogP contribution in [-0.4, -0.2) is 16.9 Å². The minimum atomic E-state index is 0.178. The van der Waals surface area contributed by atoms with Crippen LogP contribution in [0.5, 0.6) is 0 Å². The molecule has 0 radical (unpaired) electrons. The second kappa shape index (κ2) is 10.2. The number of carbonyl (C=O) groups is 1. The number of hydrogen-bond donors (Lipinski definition) is 1. The number of carbonyl (C=O) groups excluding carboxylic acids is 1. The molecule has 0 aliphatic heterocycles. The van der Waals surface area contributed by atoms with E-state index in [1.54, 1.807) is 0 Å².